The molecule has 27 heavy (non-hydrogen) atoms. The van der Waals surface area contributed by atoms with Crippen molar-refractivity contribution in [3.8, 4) is 0 Å². The number of benzene rings is 2. The third kappa shape index (κ3) is 3.51. The molecule has 138 valence electrons. The van der Waals surface area contributed by atoms with Gasteiger partial charge in [-0.2, -0.15) is 0 Å². The Hall–Kier alpha value is -2.90. The molecule has 0 radical (unpaired) electrons. The molecule has 0 aromatic heterocycles. The van der Waals surface area contributed by atoms with E-state index < -0.39 is 5.79 Å². The number of ether oxygens (including phenoxy) is 2. The highest BCUT2D eigenvalue weighted by Gasteiger charge is 2.34. The van der Waals surface area contributed by atoms with Gasteiger partial charge in [0.2, 0.25) is 6.54 Å². The summed E-state index contributed by atoms with van der Waals surface area (Å²) in [7, 11) is 0. The highest BCUT2D eigenvalue weighted by molar-refractivity contribution is 6.17. The Morgan fingerprint density at radius 3 is 2.59 bits per heavy atom. The topological polar surface area (TPSA) is 86.3 Å². The van der Waals surface area contributed by atoms with Crippen LogP contribution in [0.25, 0.3) is 0 Å². The number of nitrogens with zero attached hydrogens (tertiary/aromatic N) is 3. The summed E-state index contributed by atoms with van der Waals surface area (Å²) in [5.74, 6) is -0.809. The first-order valence-corrected chi connectivity index (χ1v) is 8.76. The first-order chi connectivity index (χ1) is 13.0. The Balaban J connectivity index is 1.84. The standard InChI is InChI=1S/C20H19N3O4/c1-20(26-9-10-27-20)15-7-8-18-17(11-15)19(14-5-3-2-4-6-14)21-12-16(22-18)13-23(24)25/h2-8,11H,9-10,12-13H2,1H3. The lowest BCUT2D eigenvalue weighted by Gasteiger charge is -2.24. The van der Waals surface area contributed by atoms with Gasteiger partial charge in [0.25, 0.3) is 0 Å². The summed E-state index contributed by atoms with van der Waals surface area (Å²) >= 11 is 0. The third-order valence-electron chi connectivity index (χ3n) is 4.67. The Morgan fingerprint density at radius 1 is 1.15 bits per heavy atom. The van der Waals surface area contributed by atoms with Crippen LogP contribution in [0.15, 0.2) is 58.5 Å². The van der Waals surface area contributed by atoms with Crippen molar-refractivity contribution >= 4 is 17.1 Å². The number of hydrogen-bond acceptors (Lipinski definition) is 6. The van der Waals surface area contributed by atoms with Crippen molar-refractivity contribution in [1.29, 1.82) is 0 Å². The molecular formula is C20H19N3O4. The number of rotatable bonds is 4. The van der Waals surface area contributed by atoms with Gasteiger partial charge in [-0.3, -0.25) is 15.1 Å². The molecule has 2 aromatic rings. The van der Waals surface area contributed by atoms with Gasteiger partial charge < -0.3 is 9.47 Å². The van der Waals surface area contributed by atoms with E-state index in [9.17, 15) is 10.1 Å². The molecule has 2 aliphatic heterocycles. The van der Waals surface area contributed by atoms with Crippen molar-refractivity contribution in [3.05, 3.63) is 75.3 Å². The lowest BCUT2D eigenvalue weighted by Crippen LogP contribution is -2.22. The van der Waals surface area contributed by atoms with Gasteiger partial charge in [0.15, 0.2) is 5.79 Å². The lowest BCUT2D eigenvalue weighted by molar-refractivity contribution is -0.463. The van der Waals surface area contributed by atoms with Crippen LogP contribution < -0.4 is 0 Å². The average molecular weight is 365 g/mol. The molecule has 0 bridgehead atoms. The minimum atomic E-state index is -0.809. The molecule has 0 unspecified atom stereocenters. The molecule has 1 saturated heterocycles. The SMILES string of the molecule is CC1(c2ccc3c(c2)C(c2ccccc2)=NCC(C[N+](=O)[O-])=N3)OCCO1. The summed E-state index contributed by atoms with van der Waals surface area (Å²) < 4.78 is 11.6. The van der Waals surface area contributed by atoms with E-state index in [0.29, 0.717) is 24.6 Å². The zero-order chi connectivity index (χ0) is 18.9. The van der Waals surface area contributed by atoms with Gasteiger partial charge in [0.1, 0.15) is 5.71 Å². The van der Waals surface area contributed by atoms with Crippen LogP contribution in [0.1, 0.15) is 23.6 Å². The van der Waals surface area contributed by atoms with E-state index in [2.05, 4.69) is 9.98 Å². The van der Waals surface area contributed by atoms with Crippen LogP contribution in [0, 0.1) is 10.1 Å². The van der Waals surface area contributed by atoms with Crippen LogP contribution >= 0.6 is 0 Å². The summed E-state index contributed by atoms with van der Waals surface area (Å²) in [6, 6.07) is 15.5. The maximum absolute atomic E-state index is 11.0. The zero-order valence-electron chi connectivity index (χ0n) is 14.9. The van der Waals surface area contributed by atoms with Crippen LogP contribution in [-0.2, 0) is 15.3 Å². The van der Waals surface area contributed by atoms with Crippen molar-refractivity contribution in [2.45, 2.75) is 12.7 Å². The molecule has 1 fully saturated rings. The Kier molecular flexibility index (Phi) is 4.55. The third-order valence-corrected chi connectivity index (χ3v) is 4.67. The zero-order valence-corrected chi connectivity index (χ0v) is 14.9. The van der Waals surface area contributed by atoms with Gasteiger partial charge in [-0.1, -0.05) is 36.4 Å². The average Bonchev–Trinajstić information content (AvgIpc) is 3.03. The monoisotopic (exact) mass is 365 g/mol. The summed E-state index contributed by atoms with van der Waals surface area (Å²) in [4.78, 5) is 19.8. The molecular weight excluding hydrogens is 346 g/mol. The molecule has 0 aliphatic carbocycles. The Labute approximate surface area is 156 Å². The molecule has 0 N–H and O–H groups in total. The number of fused-ring (bicyclic) bond motifs is 1. The van der Waals surface area contributed by atoms with Gasteiger partial charge in [-0.05, 0) is 19.1 Å². The van der Waals surface area contributed by atoms with Crippen LogP contribution in [0.5, 0.6) is 0 Å². The van der Waals surface area contributed by atoms with Crippen LogP contribution in [0.2, 0.25) is 0 Å². The molecule has 2 heterocycles. The van der Waals surface area contributed by atoms with Crippen molar-refractivity contribution in [3.63, 3.8) is 0 Å². The van der Waals surface area contributed by atoms with Crippen molar-refractivity contribution < 1.29 is 14.4 Å². The highest BCUT2D eigenvalue weighted by atomic mass is 16.7. The van der Waals surface area contributed by atoms with Crippen LogP contribution in [0.4, 0.5) is 5.69 Å². The smallest absolute Gasteiger partial charge is 0.243 e. The predicted octanol–water partition coefficient (Wildman–Crippen LogP) is 3.11. The van der Waals surface area contributed by atoms with E-state index in [0.717, 1.165) is 22.4 Å². The molecule has 0 amide bonds. The van der Waals surface area contributed by atoms with Gasteiger partial charge in [-0.25, -0.2) is 4.99 Å². The first-order valence-electron chi connectivity index (χ1n) is 8.76. The van der Waals surface area contributed by atoms with E-state index >= 15 is 0 Å². The molecule has 4 rings (SSSR count). The fraction of sp³-hybridized carbons (Fsp3) is 0.300. The second-order valence-electron chi connectivity index (χ2n) is 6.57. The lowest BCUT2D eigenvalue weighted by atomic mass is 9.96. The molecule has 0 atom stereocenters. The second-order valence-corrected chi connectivity index (χ2v) is 6.57. The molecule has 7 heteroatoms. The molecule has 2 aliphatic rings. The van der Waals surface area contributed by atoms with Crippen molar-refractivity contribution in [2.24, 2.45) is 9.98 Å². The maximum Gasteiger partial charge on any atom is 0.243 e. The highest BCUT2D eigenvalue weighted by Crippen LogP contribution is 2.35. The minimum absolute atomic E-state index is 0.194. The first kappa shape index (κ1) is 17.5. The number of nitro groups is 1. The van der Waals surface area contributed by atoms with E-state index in [4.69, 9.17) is 9.47 Å². The fourth-order valence-electron chi connectivity index (χ4n) is 3.33. The summed E-state index contributed by atoms with van der Waals surface area (Å²) in [5, 5.41) is 11.0. The summed E-state index contributed by atoms with van der Waals surface area (Å²) in [5.41, 5.74) is 4.48. The van der Waals surface area contributed by atoms with Gasteiger partial charge in [0, 0.05) is 21.6 Å². The van der Waals surface area contributed by atoms with E-state index in [1.54, 1.807) is 0 Å². The number of hydrogen-bond donors (Lipinski definition) is 0. The van der Waals surface area contributed by atoms with E-state index in [1.165, 1.54) is 0 Å². The Bertz CT molecular complexity index is 931. The summed E-state index contributed by atoms with van der Waals surface area (Å²) in [6.45, 7) is 2.84. The predicted molar refractivity (Wildman–Crippen MR) is 102 cm³/mol. The molecule has 2 aromatic carbocycles. The maximum atomic E-state index is 11.0. The molecule has 0 spiro atoms. The normalized spacial score (nSPS) is 18.3. The van der Waals surface area contributed by atoms with Gasteiger partial charge >= 0.3 is 0 Å². The van der Waals surface area contributed by atoms with Gasteiger partial charge in [-0.15, -0.1) is 0 Å². The van der Waals surface area contributed by atoms with Crippen LogP contribution in [0.3, 0.4) is 0 Å². The molecule has 0 saturated carbocycles. The molecule has 7 nitrogen and oxygen atoms in total. The van der Waals surface area contributed by atoms with Crippen LogP contribution in [-0.4, -0.2) is 42.6 Å². The minimum Gasteiger partial charge on any atom is -0.344 e. The van der Waals surface area contributed by atoms with E-state index in [1.807, 2.05) is 55.5 Å². The summed E-state index contributed by atoms with van der Waals surface area (Å²) in [6.07, 6.45) is 0. The van der Waals surface area contributed by atoms with Crippen molar-refractivity contribution in [2.75, 3.05) is 26.3 Å². The van der Waals surface area contributed by atoms with E-state index in [-0.39, 0.29) is 18.0 Å². The Morgan fingerprint density at radius 2 is 1.89 bits per heavy atom. The number of aliphatic imine (C=N–C) groups is 2. The fourth-order valence-corrected chi connectivity index (χ4v) is 3.33. The van der Waals surface area contributed by atoms with Gasteiger partial charge in [0.05, 0.1) is 31.2 Å². The second kappa shape index (κ2) is 7.02. The van der Waals surface area contributed by atoms with Crippen molar-refractivity contribution in [1.82, 2.24) is 0 Å². The largest absolute Gasteiger partial charge is 0.344 e. The quantitative estimate of drug-likeness (QED) is 0.615.